The molecule has 0 bridgehead atoms. The third kappa shape index (κ3) is 4.46. The second-order valence-electron chi connectivity index (χ2n) is 8.26. The van der Waals surface area contributed by atoms with E-state index in [1.807, 2.05) is 4.90 Å². The Morgan fingerprint density at radius 1 is 1.06 bits per heavy atom. The van der Waals surface area contributed by atoms with Gasteiger partial charge in [0.25, 0.3) is 0 Å². The minimum absolute atomic E-state index is 0.0947. The van der Waals surface area contributed by atoms with Gasteiger partial charge >= 0.3 is 0 Å². The van der Waals surface area contributed by atoms with Crippen molar-refractivity contribution in [1.29, 1.82) is 5.26 Å². The zero-order valence-corrected chi connectivity index (χ0v) is 19.4. The number of ether oxygens (including phenoxy) is 1. The summed E-state index contributed by atoms with van der Waals surface area (Å²) in [5.74, 6) is 0.943. The van der Waals surface area contributed by atoms with Crippen LogP contribution < -0.4 is 9.64 Å². The highest BCUT2D eigenvalue weighted by Crippen LogP contribution is 2.35. The SMILES string of the molecule is COc1ccc(-c2nc(C#N)c(N3CCN(C)CC3)o2)cc1S(=O)(=O)N1CCCCCC1. The van der Waals surface area contributed by atoms with Crippen molar-refractivity contribution in [3.8, 4) is 23.3 Å². The van der Waals surface area contributed by atoms with Crippen molar-refractivity contribution in [1.82, 2.24) is 14.2 Å². The van der Waals surface area contributed by atoms with Crippen molar-refractivity contribution in [3.63, 3.8) is 0 Å². The molecule has 10 heteroatoms. The molecule has 2 saturated heterocycles. The second kappa shape index (κ2) is 9.48. The Morgan fingerprint density at radius 3 is 2.38 bits per heavy atom. The van der Waals surface area contributed by atoms with E-state index in [1.165, 1.54) is 11.4 Å². The first kappa shape index (κ1) is 22.6. The maximum atomic E-state index is 13.4. The molecule has 32 heavy (non-hydrogen) atoms. The highest BCUT2D eigenvalue weighted by Gasteiger charge is 2.30. The van der Waals surface area contributed by atoms with E-state index in [4.69, 9.17) is 9.15 Å². The number of oxazole rings is 1. The van der Waals surface area contributed by atoms with Crippen LogP contribution in [0, 0.1) is 11.3 Å². The molecule has 172 valence electrons. The summed E-state index contributed by atoms with van der Waals surface area (Å²) in [6, 6.07) is 6.98. The van der Waals surface area contributed by atoms with Gasteiger partial charge in [-0.15, -0.1) is 0 Å². The van der Waals surface area contributed by atoms with Gasteiger partial charge in [-0.05, 0) is 38.1 Å². The highest BCUT2D eigenvalue weighted by atomic mass is 32.2. The molecule has 0 N–H and O–H groups in total. The summed E-state index contributed by atoms with van der Waals surface area (Å²) in [5, 5.41) is 9.59. The van der Waals surface area contributed by atoms with Gasteiger partial charge in [-0.25, -0.2) is 8.42 Å². The molecule has 4 rings (SSSR count). The average molecular weight is 460 g/mol. The van der Waals surface area contributed by atoms with Crippen LogP contribution in [0.25, 0.3) is 11.5 Å². The summed E-state index contributed by atoms with van der Waals surface area (Å²) in [6.07, 6.45) is 3.76. The van der Waals surface area contributed by atoms with Gasteiger partial charge in [0.2, 0.25) is 27.5 Å². The third-order valence-electron chi connectivity index (χ3n) is 6.10. The molecule has 0 atom stereocenters. The normalized spacial score (nSPS) is 18.8. The number of nitrogens with zero attached hydrogens (tertiary/aromatic N) is 5. The summed E-state index contributed by atoms with van der Waals surface area (Å²) < 4.78 is 39.8. The van der Waals surface area contributed by atoms with Crippen LogP contribution in [0.3, 0.4) is 0 Å². The minimum Gasteiger partial charge on any atom is -0.495 e. The topological polar surface area (TPSA) is 103 Å². The molecule has 0 amide bonds. The first-order valence-electron chi connectivity index (χ1n) is 11.0. The van der Waals surface area contributed by atoms with Gasteiger partial charge in [0.15, 0.2) is 0 Å². The van der Waals surface area contributed by atoms with E-state index < -0.39 is 10.0 Å². The van der Waals surface area contributed by atoms with Gasteiger partial charge in [-0.2, -0.15) is 14.6 Å². The Morgan fingerprint density at radius 2 is 1.75 bits per heavy atom. The number of aromatic nitrogens is 1. The number of piperazine rings is 1. The molecule has 9 nitrogen and oxygen atoms in total. The molecule has 0 saturated carbocycles. The molecule has 0 unspecified atom stereocenters. The van der Waals surface area contributed by atoms with E-state index in [0.717, 1.165) is 51.9 Å². The van der Waals surface area contributed by atoms with Crippen LogP contribution in [0.2, 0.25) is 0 Å². The van der Waals surface area contributed by atoms with Crippen molar-refractivity contribution in [2.75, 3.05) is 58.3 Å². The van der Waals surface area contributed by atoms with E-state index in [1.54, 1.807) is 18.2 Å². The second-order valence-corrected chi connectivity index (χ2v) is 10.2. The van der Waals surface area contributed by atoms with Crippen molar-refractivity contribution < 1.29 is 17.6 Å². The highest BCUT2D eigenvalue weighted by molar-refractivity contribution is 7.89. The predicted octanol–water partition coefficient (Wildman–Crippen LogP) is 2.54. The first-order valence-corrected chi connectivity index (χ1v) is 12.4. The molecule has 0 spiro atoms. The van der Waals surface area contributed by atoms with E-state index in [0.29, 0.717) is 24.5 Å². The lowest BCUT2D eigenvalue weighted by molar-refractivity contribution is 0.306. The zero-order valence-electron chi connectivity index (χ0n) is 18.6. The molecule has 0 radical (unpaired) electrons. The van der Waals surface area contributed by atoms with Gasteiger partial charge < -0.3 is 19.0 Å². The van der Waals surface area contributed by atoms with Crippen LogP contribution >= 0.6 is 0 Å². The Labute approximate surface area is 189 Å². The van der Waals surface area contributed by atoms with Crippen molar-refractivity contribution >= 4 is 15.9 Å². The van der Waals surface area contributed by atoms with Gasteiger partial charge in [0, 0.05) is 44.8 Å². The molecule has 2 aromatic rings. The monoisotopic (exact) mass is 459 g/mol. The third-order valence-corrected chi connectivity index (χ3v) is 8.02. The van der Waals surface area contributed by atoms with E-state index in [2.05, 4.69) is 23.0 Å². The van der Waals surface area contributed by atoms with Crippen LogP contribution in [-0.2, 0) is 10.0 Å². The zero-order chi connectivity index (χ0) is 22.7. The molecule has 3 heterocycles. The van der Waals surface area contributed by atoms with Crippen molar-refractivity contribution in [3.05, 3.63) is 23.9 Å². The number of sulfonamides is 1. The van der Waals surface area contributed by atoms with Crippen LogP contribution in [-0.4, -0.2) is 76.0 Å². The summed E-state index contributed by atoms with van der Waals surface area (Å²) in [6.45, 7) is 4.19. The number of methoxy groups -OCH3 is 1. The molecular formula is C22H29N5O4S. The van der Waals surface area contributed by atoms with E-state index >= 15 is 0 Å². The predicted molar refractivity (Wildman–Crippen MR) is 120 cm³/mol. The lowest BCUT2D eigenvalue weighted by atomic mass is 10.2. The van der Waals surface area contributed by atoms with Crippen LogP contribution in [0.5, 0.6) is 5.75 Å². The van der Waals surface area contributed by atoms with Crippen LogP contribution in [0.1, 0.15) is 31.4 Å². The molecule has 2 aliphatic rings. The average Bonchev–Trinajstić information content (AvgIpc) is 3.04. The first-order chi connectivity index (χ1) is 15.4. The lowest BCUT2D eigenvalue weighted by Crippen LogP contribution is -2.44. The Balaban J connectivity index is 1.70. The molecule has 1 aromatic heterocycles. The fourth-order valence-corrected chi connectivity index (χ4v) is 5.86. The Kier molecular flexibility index (Phi) is 6.69. The van der Waals surface area contributed by atoms with E-state index in [9.17, 15) is 13.7 Å². The summed E-state index contributed by atoms with van der Waals surface area (Å²) in [7, 11) is -0.223. The molecule has 0 aliphatic carbocycles. The summed E-state index contributed by atoms with van der Waals surface area (Å²) >= 11 is 0. The van der Waals surface area contributed by atoms with Gasteiger partial charge in [-0.1, -0.05) is 12.8 Å². The summed E-state index contributed by atoms with van der Waals surface area (Å²) in [5.41, 5.74) is 0.702. The molecule has 1 aromatic carbocycles. The lowest BCUT2D eigenvalue weighted by Gasteiger charge is -2.31. The number of nitriles is 1. The fraction of sp³-hybridized carbons (Fsp3) is 0.545. The van der Waals surface area contributed by atoms with Gasteiger partial charge in [0.05, 0.1) is 7.11 Å². The van der Waals surface area contributed by atoms with Crippen molar-refractivity contribution in [2.24, 2.45) is 0 Å². The molecular weight excluding hydrogens is 430 g/mol. The number of benzene rings is 1. The minimum atomic E-state index is -3.74. The van der Waals surface area contributed by atoms with Gasteiger partial charge in [0.1, 0.15) is 16.7 Å². The number of anilines is 1. The maximum absolute atomic E-state index is 13.4. The van der Waals surface area contributed by atoms with Gasteiger partial charge in [-0.3, -0.25) is 0 Å². The van der Waals surface area contributed by atoms with E-state index in [-0.39, 0.29) is 22.2 Å². The number of hydrogen-bond donors (Lipinski definition) is 0. The smallest absolute Gasteiger partial charge is 0.246 e. The quantitative estimate of drug-likeness (QED) is 0.672. The summed E-state index contributed by atoms with van der Waals surface area (Å²) in [4.78, 5) is 8.68. The van der Waals surface area contributed by atoms with Crippen LogP contribution in [0.15, 0.2) is 27.5 Å². The Hall–Kier alpha value is -2.61. The van der Waals surface area contributed by atoms with Crippen molar-refractivity contribution in [2.45, 2.75) is 30.6 Å². The maximum Gasteiger partial charge on any atom is 0.246 e. The van der Waals surface area contributed by atoms with Crippen LogP contribution in [0.4, 0.5) is 5.88 Å². The number of hydrogen-bond acceptors (Lipinski definition) is 8. The molecule has 2 aliphatic heterocycles. The number of likely N-dealkylation sites (N-methyl/N-ethyl adjacent to an activating group) is 1. The Bertz CT molecular complexity index is 1090. The largest absolute Gasteiger partial charge is 0.495 e. The number of rotatable bonds is 5. The standard InChI is InChI=1S/C22H29N5O4S/c1-25-11-13-26(14-12-25)22-18(16-23)24-21(31-22)17-7-8-19(30-2)20(15-17)32(28,29)27-9-5-3-4-6-10-27/h7-8,15H,3-6,9-14H2,1-2H3. The molecule has 2 fully saturated rings. The fourth-order valence-electron chi connectivity index (χ4n) is 4.16.